The van der Waals surface area contributed by atoms with Crippen molar-refractivity contribution >= 4 is 23.4 Å². The lowest BCUT2D eigenvalue weighted by molar-refractivity contribution is -0.115. The quantitative estimate of drug-likeness (QED) is 0.336. The Balaban J connectivity index is 1.53. The number of anilines is 1. The first-order chi connectivity index (χ1) is 16.5. The van der Waals surface area contributed by atoms with E-state index in [9.17, 15) is 9.59 Å². The van der Waals surface area contributed by atoms with Crippen LogP contribution in [0.25, 0.3) is 17.1 Å². The van der Waals surface area contributed by atoms with Gasteiger partial charge in [-0.2, -0.15) is 4.68 Å². The minimum absolute atomic E-state index is 0.0801. The number of amides is 1. The molecular weight excluding hydrogens is 446 g/mol. The zero-order valence-electron chi connectivity index (χ0n) is 19.3. The number of aromatic nitrogens is 4. The molecule has 0 aliphatic carbocycles. The number of rotatable bonds is 5. The van der Waals surface area contributed by atoms with E-state index in [2.05, 4.69) is 15.0 Å². The molecule has 1 amide bonds. The monoisotopic (exact) mass is 473 g/mol. The van der Waals surface area contributed by atoms with E-state index in [4.69, 9.17) is 4.98 Å². The highest BCUT2D eigenvalue weighted by molar-refractivity contribution is 8.00. The Morgan fingerprint density at radius 3 is 2.62 bits per heavy atom. The summed E-state index contributed by atoms with van der Waals surface area (Å²) in [5.41, 5.74) is 3.98. The average Bonchev–Trinajstić information content (AvgIpc) is 3.01. The number of aryl methyl sites for hydroxylation is 1. The van der Waals surface area contributed by atoms with Crippen molar-refractivity contribution in [1.82, 2.24) is 19.3 Å². The van der Waals surface area contributed by atoms with Crippen LogP contribution in [0.4, 0.5) is 5.69 Å². The molecule has 0 aromatic heterocycles. The van der Waals surface area contributed by atoms with Gasteiger partial charge in [0.05, 0.1) is 10.9 Å². The van der Waals surface area contributed by atoms with Crippen molar-refractivity contribution in [1.29, 1.82) is 0 Å². The molecule has 3 aliphatic rings. The van der Waals surface area contributed by atoms with E-state index in [1.54, 1.807) is 0 Å². The van der Waals surface area contributed by atoms with Gasteiger partial charge in [0.25, 0.3) is 5.56 Å². The molecule has 1 unspecified atom stereocenters. The van der Waals surface area contributed by atoms with Crippen LogP contribution in [-0.4, -0.2) is 30.5 Å². The van der Waals surface area contributed by atoms with E-state index in [0.717, 1.165) is 60.0 Å². The number of carbonyl (C=O) groups excluding carboxylic acids is 1. The van der Waals surface area contributed by atoms with Crippen molar-refractivity contribution < 1.29 is 4.79 Å². The molecule has 34 heavy (non-hydrogen) atoms. The van der Waals surface area contributed by atoms with Crippen LogP contribution in [0.5, 0.6) is 0 Å². The predicted octanol–water partition coefficient (Wildman–Crippen LogP) is 4.69. The molecular formula is C26H27N5O2S. The maximum atomic E-state index is 13.4. The summed E-state index contributed by atoms with van der Waals surface area (Å²) >= 11 is 1.41. The first kappa shape index (κ1) is 22.4. The van der Waals surface area contributed by atoms with Gasteiger partial charge in [-0.25, -0.2) is 4.98 Å². The summed E-state index contributed by atoms with van der Waals surface area (Å²) in [5, 5.41) is 7.97. The molecule has 3 heterocycles. The second kappa shape index (κ2) is 9.46. The van der Waals surface area contributed by atoms with Crippen LogP contribution in [0.15, 0.2) is 64.5 Å². The van der Waals surface area contributed by atoms with Crippen molar-refractivity contribution in [3.05, 3.63) is 76.2 Å². The number of carbonyl (C=O) groups is 1. The smallest absolute Gasteiger partial charge is 0.284 e. The summed E-state index contributed by atoms with van der Waals surface area (Å²) in [5.74, 6) is 0.361. The summed E-state index contributed by atoms with van der Waals surface area (Å²) < 4.78 is 3.57. The number of benzene rings is 2. The summed E-state index contributed by atoms with van der Waals surface area (Å²) in [6.07, 6.45) is 3.93. The van der Waals surface area contributed by atoms with Crippen molar-refractivity contribution in [2.75, 3.05) is 5.32 Å². The molecule has 2 aromatic carbocycles. The lowest BCUT2D eigenvalue weighted by atomic mass is 10.1. The molecule has 0 bridgehead atoms. The summed E-state index contributed by atoms with van der Waals surface area (Å²) in [7, 11) is 0. The molecule has 0 saturated heterocycles. The van der Waals surface area contributed by atoms with Gasteiger partial charge >= 0.3 is 0 Å². The highest BCUT2D eigenvalue weighted by Crippen LogP contribution is 2.32. The number of thioether (sulfide) groups is 1. The number of nitrogens with zero attached hydrogens (tertiary/aromatic N) is 4. The van der Waals surface area contributed by atoms with Gasteiger partial charge in [0, 0.05) is 17.9 Å². The highest BCUT2D eigenvalue weighted by atomic mass is 32.2. The SMILES string of the molecule is Cc1ccccc1NC(=O)C(C)Sc1nc2nn(-c3ccccc3)c(=O)c-2c2n1CCCCC2. The van der Waals surface area contributed by atoms with Crippen LogP contribution in [-0.2, 0) is 17.8 Å². The van der Waals surface area contributed by atoms with Gasteiger partial charge in [-0.3, -0.25) is 9.59 Å². The fourth-order valence-corrected chi connectivity index (χ4v) is 5.30. The second-order valence-corrected chi connectivity index (χ2v) is 9.93. The van der Waals surface area contributed by atoms with E-state index in [1.165, 1.54) is 16.4 Å². The third kappa shape index (κ3) is 4.25. The zero-order valence-corrected chi connectivity index (χ0v) is 20.1. The molecule has 2 aromatic rings. The number of hydrogen-bond acceptors (Lipinski definition) is 5. The van der Waals surface area contributed by atoms with E-state index in [-0.39, 0.29) is 16.7 Å². The Kier molecular flexibility index (Phi) is 6.24. The lowest BCUT2D eigenvalue weighted by Crippen LogP contribution is -2.24. The Labute approximate surface area is 202 Å². The van der Waals surface area contributed by atoms with Crippen LogP contribution >= 0.6 is 11.8 Å². The maximum absolute atomic E-state index is 13.4. The Morgan fingerprint density at radius 1 is 1.06 bits per heavy atom. The van der Waals surface area contributed by atoms with Gasteiger partial charge in [0.2, 0.25) is 5.91 Å². The minimum atomic E-state index is -0.368. The van der Waals surface area contributed by atoms with E-state index < -0.39 is 0 Å². The third-order valence-corrected chi connectivity index (χ3v) is 7.31. The molecule has 0 radical (unpaired) electrons. The van der Waals surface area contributed by atoms with Crippen LogP contribution in [0, 0.1) is 6.92 Å². The maximum Gasteiger partial charge on any atom is 0.284 e. The van der Waals surface area contributed by atoms with Gasteiger partial charge in [-0.05, 0) is 56.9 Å². The average molecular weight is 474 g/mol. The molecule has 0 fully saturated rings. The minimum Gasteiger partial charge on any atom is -0.325 e. The molecule has 5 rings (SSSR count). The standard InChI is InChI=1S/C26H27N5O2S/c1-17-11-8-9-14-20(17)27-24(32)18(2)34-26-28-23-22(21-15-7-4-10-16-30(21)26)25(33)31(29-23)19-12-5-3-6-13-19/h3,5-6,8-9,11-14,18H,4,7,10,15-16H2,1-2H3,(H,27,32). The molecule has 7 nitrogen and oxygen atoms in total. The Hall–Kier alpha value is -3.39. The molecule has 174 valence electrons. The lowest BCUT2D eigenvalue weighted by Gasteiger charge is -2.20. The molecule has 1 atom stereocenters. The van der Waals surface area contributed by atoms with Gasteiger partial charge in [0.1, 0.15) is 5.56 Å². The molecule has 8 heteroatoms. The number of para-hydroxylation sites is 2. The van der Waals surface area contributed by atoms with Gasteiger partial charge in [-0.15, -0.1) is 5.10 Å². The molecule has 1 N–H and O–H groups in total. The number of hydrogen-bond donors (Lipinski definition) is 1. The van der Waals surface area contributed by atoms with Gasteiger partial charge in [-0.1, -0.05) is 54.6 Å². The highest BCUT2D eigenvalue weighted by Gasteiger charge is 2.28. The zero-order chi connectivity index (χ0) is 23.7. The van der Waals surface area contributed by atoms with Crippen LogP contribution in [0.2, 0.25) is 0 Å². The second-order valence-electron chi connectivity index (χ2n) is 8.62. The van der Waals surface area contributed by atoms with Crippen molar-refractivity contribution in [3.63, 3.8) is 0 Å². The van der Waals surface area contributed by atoms with Crippen molar-refractivity contribution in [3.8, 4) is 17.1 Å². The van der Waals surface area contributed by atoms with Crippen LogP contribution in [0.1, 0.15) is 37.4 Å². The summed E-state index contributed by atoms with van der Waals surface area (Å²) in [6, 6.07) is 17.2. The first-order valence-corrected chi connectivity index (χ1v) is 12.5. The van der Waals surface area contributed by atoms with Crippen LogP contribution < -0.4 is 10.9 Å². The van der Waals surface area contributed by atoms with E-state index in [1.807, 2.05) is 68.4 Å². The predicted molar refractivity (Wildman–Crippen MR) is 135 cm³/mol. The first-order valence-electron chi connectivity index (χ1n) is 11.6. The van der Waals surface area contributed by atoms with Gasteiger partial charge < -0.3 is 9.88 Å². The fraction of sp³-hybridized carbons (Fsp3) is 0.308. The number of nitrogens with one attached hydrogen (secondary N) is 1. The third-order valence-electron chi connectivity index (χ3n) is 6.22. The number of fused-ring (bicyclic) bond motifs is 3. The summed E-state index contributed by atoms with van der Waals surface area (Å²) in [6.45, 7) is 4.64. The molecule has 0 saturated carbocycles. The van der Waals surface area contributed by atoms with E-state index in [0.29, 0.717) is 11.4 Å². The van der Waals surface area contributed by atoms with E-state index >= 15 is 0 Å². The topological polar surface area (TPSA) is 81.8 Å². The van der Waals surface area contributed by atoms with Crippen molar-refractivity contribution in [2.24, 2.45) is 0 Å². The molecule has 0 spiro atoms. The fourth-order valence-electron chi connectivity index (χ4n) is 4.35. The van der Waals surface area contributed by atoms with Crippen LogP contribution in [0.3, 0.4) is 0 Å². The van der Waals surface area contributed by atoms with Crippen molar-refractivity contribution in [2.45, 2.75) is 56.5 Å². The molecule has 3 aliphatic heterocycles. The normalized spacial score (nSPS) is 14.4. The Bertz CT molecular complexity index is 1360. The summed E-state index contributed by atoms with van der Waals surface area (Å²) in [4.78, 5) is 31.1. The Morgan fingerprint density at radius 2 is 1.82 bits per heavy atom. The van der Waals surface area contributed by atoms with Gasteiger partial charge in [0.15, 0.2) is 11.0 Å². The largest absolute Gasteiger partial charge is 0.325 e.